The number of aromatic nitrogens is 1. The van der Waals surface area contributed by atoms with Crippen molar-refractivity contribution in [1.82, 2.24) is 4.98 Å². The van der Waals surface area contributed by atoms with Crippen LogP contribution in [0, 0.1) is 0 Å². The summed E-state index contributed by atoms with van der Waals surface area (Å²) in [6.45, 7) is 2.11. The van der Waals surface area contributed by atoms with Gasteiger partial charge in [0.05, 0.1) is 10.6 Å². The second-order valence-electron chi connectivity index (χ2n) is 4.67. The standard InChI is InChI=1S/C13H20N2S3/c1-2-10-12(13(14)16)18-11(15-10)8-17-9-6-4-3-5-7-9/h9H,2-8H2,1H3,(H2,14,16). The fourth-order valence-electron chi connectivity index (χ4n) is 2.32. The first-order chi connectivity index (χ1) is 8.70. The highest BCUT2D eigenvalue weighted by Crippen LogP contribution is 2.32. The lowest BCUT2D eigenvalue weighted by molar-refractivity contribution is 0.516. The topological polar surface area (TPSA) is 38.9 Å². The fourth-order valence-corrected chi connectivity index (χ4v) is 4.91. The molecule has 5 heteroatoms. The number of nitrogens with zero attached hydrogens (tertiary/aromatic N) is 1. The molecule has 0 amide bonds. The highest BCUT2D eigenvalue weighted by Gasteiger charge is 2.16. The molecule has 0 bridgehead atoms. The Morgan fingerprint density at radius 2 is 2.17 bits per heavy atom. The molecule has 100 valence electrons. The molecule has 2 N–H and O–H groups in total. The minimum Gasteiger partial charge on any atom is -0.389 e. The van der Waals surface area contributed by atoms with E-state index in [4.69, 9.17) is 18.0 Å². The lowest BCUT2D eigenvalue weighted by Gasteiger charge is -2.20. The van der Waals surface area contributed by atoms with Gasteiger partial charge < -0.3 is 5.73 Å². The van der Waals surface area contributed by atoms with Gasteiger partial charge in [-0.05, 0) is 19.3 Å². The maximum atomic E-state index is 5.74. The van der Waals surface area contributed by atoms with Gasteiger partial charge in [-0.2, -0.15) is 11.8 Å². The number of thiocarbonyl (C=S) groups is 1. The quantitative estimate of drug-likeness (QED) is 0.837. The van der Waals surface area contributed by atoms with E-state index in [1.807, 2.05) is 0 Å². The summed E-state index contributed by atoms with van der Waals surface area (Å²) in [5.74, 6) is 1.02. The number of aryl methyl sites for hydroxylation is 1. The van der Waals surface area contributed by atoms with Gasteiger partial charge in [-0.1, -0.05) is 38.4 Å². The largest absolute Gasteiger partial charge is 0.389 e. The van der Waals surface area contributed by atoms with E-state index < -0.39 is 0 Å². The number of rotatable bonds is 5. The Kier molecular flexibility index (Phi) is 5.45. The smallest absolute Gasteiger partial charge is 0.116 e. The van der Waals surface area contributed by atoms with Gasteiger partial charge >= 0.3 is 0 Å². The van der Waals surface area contributed by atoms with Crippen LogP contribution in [0.2, 0.25) is 0 Å². The molecule has 0 spiro atoms. The van der Waals surface area contributed by atoms with Crippen molar-refractivity contribution >= 4 is 40.3 Å². The van der Waals surface area contributed by atoms with Crippen LogP contribution in [0.5, 0.6) is 0 Å². The molecule has 2 rings (SSSR count). The minimum absolute atomic E-state index is 0.498. The van der Waals surface area contributed by atoms with Crippen molar-refractivity contribution < 1.29 is 0 Å². The summed E-state index contributed by atoms with van der Waals surface area (Å²) in [7, 11) is 0. The summed E-state index contributed by atoms with van der Waals surface area (Å²) >= 11 is 8.82. The zero-order chi connectivity index (χ0) is 13.0. The van der Waals surface area contributed by atoms with Gasteiger partial charge in [0, 0.05) is 11.0 Å². The first-order valence-corrected chi connectivity index (χ1v) is 8.88. The molecule has 1 heterocycles. The van der Waals surface area contributed by atoms with Gasteiger partial charge in [0.15, 0.2) is 0 Å². The molecule has 1 aromatic rings. The molecule has 1 fully saturated rings. The number of thioether (sulfide) groups is 1. The van der Waals surface area contributed by atoms with Crippen LogP contribution in [0.25, 0.3) is 0 Å². The molecular weight excluding hydrogens is 280 g/mol. The van der Waals surface area contributed by atoms with E-state index in [1.54, 1.807) is 11.3 Å². The minimum atomic E-state index is 0.498. The molecule has 2 nitrogen and oxygen atoms in total. The monoisotopic (exact) mass is 300 g/mol. The van der Waals surface area contributed by atoms with Gasteiger partial charge in [-0.15, -0.1) is 11.3 Å². The molecular formula is C13H20N2S3. The highest BCUT2D eigenvalue weighted by atomic mass is 32.2. The molecule has 0 unspecified atom stereocenters. The average Bonchev–Trinajstić information content (AvgIpc) is 2.81. The molecule has 0 aliphatic heterocycles. The Hall–Kier alpha value is -0.130. The average molecular weight is 301 g/mol. The lowest BCUT2D eigenvalue weighted by Crippen LogP contribution is -2.09. The summed E-state index contributed by atoms with van der Waals surface area (Å²) < 4.78 is 0. The van der Waals surface area contributed by atoms with E-state index in [9.17, 15) is 0 Å². The third-order valence-corrected chi connectivity index (χ3v) is 6.32. The predicted molar refractivity (Wildman–Crippen MR) is 85.5 cm³/mol. The molecule has 18 heavy (non-hydrogen) atoms. The number of hydrogen-bond acceptors (Lipinski definition) is 4. The summed E-state index contributed by atoms with van der Waals surface area (Å²) in [6, 6.07) is 0. The van der Waals surface area contributed by atoms with E-state index in [-0.39, 0.29) is 0 Å². The predicted octanol–water partition coefficient (Wildman–Crippen LogP) is 3.91. The zero-order valence-corrected chi connectivity index (χ0v) is 13.2. The van der Waals surface area contributed by atoms with Crippen molar-refractivity contribution in [1.29, 1.82) is 0 Å². The van der Waals surface area contributed by atoms with E-state index in [2.05, 4.69) is 23.7 Å². The second kappa shape index (κ2) is 6.87. The van der Waals surface area contributed by atoms with Crippen molar-refractivity contribution in [3.05, 3.63) is 15.6 Å². The fraction of sp³-hybridized carbons (Fsp3) is 0.692. The first-order valence-electron chi connectivity index (χ1n) is 6.60. The third-order valence-electron chi connectivity index (χ3n) is 3.30. The van der Waals surface area contributed by atoms with Crippen molar-refractivity contribution in [2.75, 3.05) is 0 Å². The van der Waals surface area contributed by atoms with Gasteiger partial charge in [0.25, 0.3) is 0 Å². The van der Waals surface area contributed by atoms with Gasteiger partial charge in [-0.3, -0.25) is 0 Å². The lowest BCUT2D eigenvalue weighted by atomic mass is 10.0. The number of thiazole rings is 1. The first kappa shape index (κ1) is 14.3. The van der Waals surface area contributed by atoms with Gasteiger partial charge in [-0.25, -0.2) is 4.98 Å². The molecule has 0 aromatic carbocycles. The normalized spacial score (nSPS) is 16.9. The van der Waals surface area contributed by atoms with Crippen LogP contribution in [-0.4, -0.2) is 15.2 Å². The molecule has 0 saturated heterocycles. The van der Waals surface area contributed by atoms with Gasteiger partial charge in [0.2, 0.25) is 0 Å². The van der Waals surface area contributed by atoms with Crippen molar-refractivity contribution in [3.63, 3.8) is 0 Å². The zero-order valence-electron chi connectivity index (χ0n) is 10.8. The third kappa shape index (κ3) is 3.68. The Balaban J connectivity index is 1.94. The van der Waals surface area contributed by atoms with E-state index in [0.717, 1.165) is 28.0 Å². The van der Waals surface area contributed by atoms with Crippen molar-refractivity contribution in [3.8, 4) is 0 Å². The number of hydrogen-bond donors (Lipinski definition) is 1. The Bertz CT molecular complexity index is 408. The Morgan fingerprint density at radius 1 is 1.44 bits per heavy atom. The van der Waals surface area contributed by atoms with Gasteiger partial charge in [0.1, 0.15) is 10.00 Å². The Labute approximate surface area is 123 Å². The van der Waals surface area contributed by atoms with Crippen LogP contribution in [0.1, 0.15) is 54.6 Å². The van der Waals surface area contributed by atoms with Crippen molar-refractivity contribution in [2.45, 2.75) is 56.5 Å². The summed E-state index contributed by atoms with van der Waals surface area (Å²) in [5, 5.41) is 2.02. The summed E-state index contributed by atoms with van der Waals surface area (Å²) in [4.78, 5) is 6.18. The van der Waals surface area contributed by atoms with E-state index in [1.165, 1.54) is 37.1 Å². The number of nitrogens with two attached hydrogens (primary N) is 1. The van der Waals surface area contributed by atoms with Crippen LogP contribution in [-0.2, 0) is 12.2 Å². The molecule has 1 saturated carbocycles. The van der Waals surface area contributed by atoms with Crippen molar-refractivity contribution in [2.24, 2.45) is 5.73 Å². The SMILES string of the molecule is CCc1nc(CSC2CCCCC2)sc1C(N)=S. The summed E-state index contributed by atoms with van der Waals surface area (Å²) in [6.07, 6.45) is 7.87. The van der Waals surface area contributed by atoms with Crippen LogP contribution in [0.15, 0.2) is 0 Å². The molecule has 0 radical (unpaired) electrons. The van der Waals surface area contributed by atoms with Crippen LogP contribution in [0.3, 0.4) is 0 Å². The molecule has 1 aliphatic rings. The van der Waals surface area contributed by atoms with Crippen LogP contribution < -0.4 is 5.73 Å². The van der Waals surface area contributed by atoms with Crippen LogP contribution >= 0.6 is 35.3 Å². The van der Waals surface area contributed by atoms with E-state index in [0.29, 0.717) is 4.99 Å². The second-order valence-corrected chi connectivity index (χ2v) is 7.48. The molecule has 0 atom stereocenters. The van der Waals surface area contributed by atoms with Crippen LogP contribution in [0.4, 0.5) is 0 Å². The highest BCUT2D eigenvalue weighted by molar-refractivity contribution is 7.99. The summed E-state index contributed by atoms with van der Waals surface area (Å²) in [5.41, 5.74) is 6.81. The molecule has 1 aromatic heterocycles. The molecule has 1 aliphatic carbocycles. The van der Waals surface area contributed by atoms with E-state index >= 15 is 0 Å². The maximum absolute atomic E-state index is 5.74. The Morgan fingerprint density at radius 3 is 2.72 bits per heavy atom. The maximum Gasteiger partial charge on any atom is 0.116 e.